The summed E-state index contributed by atoms with van der Waals surface area (Å²) in [4.78, 5) is 43.0. The first-order chi connectivity index (χ1) is 15.0. The molecule has 2 aromatic carbocycles. The summed E-state index contributed by atoms with van der Waals surface area (Å²) in [5.41, 5.74) is 1.40. The van der Waals surface area contributed by atoms with Gasteiger partial charge < -0.3 is 4.74 Å². The Balaban J connectivity index is 1.78. The molecular formula is C22H19N3O5S. The third-order valence-electron chi connectivity index (χ3n) is 5.07. The number of esters is 1. The van der Waals surface area contributed by atoms with Gasteiger partial charge in [-0.15, -0.1) is 0 Å². The third kappa shape index (κ3) is 4.09. The van der Waals surface area contributed by atoms with Gasteiger partial charge in [-0.3, -0.25) is 19.8 Å². The predicted octanol–water partition coefficient (Wildman–Crippen LogP) is 3.99. The van der Waals surface area contributed by atoms with Crippen LogP contribution in [0.15, 0.2) is 70.9 Å². The van der Waals surface area contributed by atoms with E-state index in [2.05, 4.69) is 4.99 Å². The summed E-state index contributed by atoms with van der Waals surface area (Å²) in [6.07, 6.45) is 0.256. The van der Waals surface area contributed by atoms with Crippen LogP contribution in [0.3, 0.4) is 0 Å². The Hall–Kier alpha value is -3.46. The molecule has 0 spiro atoms. The van der Waals surface area contributed by atoms with Gasteiger partial charge in [0.05, 0.1) is 21.8 Å². The van der Waals surface area contributed by atoms with Crippen LogP contribution in [-0.2, 0) is 20.9 Å². The molecular weight excluding hydrogens is 418 g/mol. The lowest BCUT2D eigenvalue weighted by molar-refractivity contribution is -0.385. The zero-order valence-electron chi connectivity index (χ0n) is 16.7. The van der Waals surface area contributed by atoms with Crippen molar-refractivity contribution < 1.29 is 19.2 Å². The number of amidine groups is 1. The first kappa shape index (κ1) is 20.8. The van der Waals surface area contributed by atoms with Crippen LogP contribution in [0.5, 0.6) is 0 Å². The number of thioether (sulfide) groups is 1. The Kier molecular flexibility index (Phi) is 5.85. The fraction of sp³-hybridized carbons (Fsp3) is 0.227. The number of benzene rings is 2. The van der Waals surface area contributed by atoms with Gasteiger partial charge in [0.2, 0.25) is 5.91 Å². The molecule has 0 N–H and O–H groups in total. The van der Waals surface area contributed by atoms with Gasteiger partial charge in [-0.2, -0.15) is 0 Å². The van der Waals surface area contributed by atoms with Gasteiger partial charge in [0.15, 0.2) is 5.17 Å². The van der Waals surface area contributed by atoms with Gasteiger partial charge >= 0.3 is 5.97 Å². The SMILES string of the molecule is CC1=C(C(=O)OCc2ccccc2)C(c2ccccc2[N+](=O)[O-])N2C(=O)CCSC2=N1. The van der Waals surface area contributed by atoms with Crippen molar-refractivity contribution >= 4 is 34.5 Å². The van der Waals surface area contributed by atoms with Crippen molar-refractivity contribution in [3.05, 3.63) is 87.1 Å². The minimum absolute atomic E-state index is 0.0410. The molecule has 4 rings (SSSR count). The van der Waals surface area contributed by atoms with E-state index in [0.717, 1.165) is 5.56 Å². The lowest BCUT2D eigenvalue weighted by atomic mass is 9.93. The summed E-state index contributed by atoms with van der Waals surface area (Å²) in [6.45, 7) is 1.70. The van der Waals surface area contributed by atoms with Gasteiger partial charge in [-0.25, -0.2) is 9.79 Å². The first-order valence-electron chi connectivity index (χ1n) is 9.66. The lowest BCUT2D eigenvalue weighted by Crippen LogP contribution is -2.46. The Labute approximate surface area is 182 Å². The molecule has 8 nitrogen and oxygen atoms in total. The number of nitro benzene ring substituents is 1. The molecule has 158 valence electrons. The van der Waals surface area contributed by atoms with Crippen LogP contribution in [-0.4, -0.2) is 32.6 Å². The number of nitrogens with zero attached hydrogens (tertiary/aromatic N) is 3. The van der Waals surface area contributed by atoms with Crippen LogP contribution in [0.4, 0.5) is 5.69 Å². The summed E-state index contributed by atoms with van der Waals surface area (Å²) in [7, 11) is 0. The van der Waals surface area contributed by atoms with E-state index in [1.54, 1.807) is 25.1 Å². The molecule has 1 atom stereocenters. The number of hydrogen-bond acceptors (Lipinski definition) is 7. The van der Waals surface area contributed by atoms with Crippen molar-refractivity contribution in [3.8, 4) is 0 Å². The lowest BCUT2D eigenvalue weighted by Gasteiger charge is -2.38. The highest BCUT2D eigenvalue weighted by Gasteiger charge is 2.44. The molecule has 2 heterocycles. The van der Waals surface area contributed by atoms with Gasteiger partial charge in [0.25, 0.3) is 5.69 Å². The Morgan fingerprint density at radius 2 is 1.94 bits per heavy atom. The van der Waals surface area contributed by atoms with E-state index in [4.69, 9.17) is 4.74 Å². The largest absolute Gasteiger partial charge is 0.457 e. The molecule has 0 saturated carbocycles. The van der Waals surface area contributed by atoms with E-state index in [1.807, 2.05) is 30.3 Å². The highest BCUT2D eigenvalue weighted by Crippen LogP contribution is 2.43. The number of allylic oxidation sites excluding steroid dienone is 1. The Morgan fingerprint density at radius 1 is 1.23 bits per heavy atom. The van der Waals surface area contributed by atoms with Crippen LogP contribution in [0.25, 0.3) is 0 Å². The topological polar surface area (TPSA) is 102 Å². The maximum atomic E-state index is 13.2. The van der Waals surface area contributed by atoms with E-state index in [9.17, 15) is 19.7 Å². The molecule has 0 aliphatic carbocycles. The molecule has 0 bridgehead atoms. The monoisotopic (exact) mass is 437 g/mol. The third-order valence-corrected chi connectivity index (χ3v) is 6.02. The normalized spacial score (nSPS) is 18.4. The number of aliphatic imine (C=N–C) groups is 1. The van der Waals surface area contributed by atoms with Crippen LogP contribution < -0.4 is 0 Å². The molecule has 1 amide bonds. The van der Waals surface area contributed by atoms with Crippen molar-refractivity contribution in [2.45, 2.75) is 26.0 Å². The molecule has 31 heavy (non-hydrogen) atoms. The second kappa shape index (κ2) is 8.73. The molecule has 1 fully saturated rings. The number of rotatable bonds is 5. The first-order valence-corrected chi connectivity index (χ1v) is 10.6. The number of para-hydroxylation sites is 1. The minimum atomic E-state index is -0.974. The highest BCUT2D eigenvalue weighted by molar-refractivity contribution is 8.14. The number of carbonyl (C=O) groups excluding carboxylic acids is 2. The number of fused-ring (bicyclic) bond motifs is 1. The quantitative estimate of drug-likeness (QED) is 0.398. The van der Waals surface area contributed by atoms with E-state index in [1.165, 1.54) is 22.7 Å². The molecule has 2 aromatic rings. The maximum absolute atomic E-state index is 13.2. The Bertz CT molecular complexity index is 1110. The van der Waals surface area contributed by atoms with Crippen LogP contribution in [0.2, 0.25) is 0 Å². The smallest absolute Gasteiger partial charge is 0.338 e. The number of ether oxygens (including phenoxy) is 1. The fourth-order valence-electron chi connectivity index (χ4n) is 3.64. The van der Waals surface area contributed by atoms with E-state index >= 15 is 0 Å². The van der Waals surface area contributed by atoms with Gasteiger partial charge in [-0.05, 0) is 18.6 Å². The number of nitro groups is 1. The van der Waals surface area contributed by atoms with Crippen LogP contribution >= 0.6 is 11.8 Å². The number of hydrogen-bond donors (Lipinski definition) is 0. The molecule has 1 unspecified atom stereocenters. The van der Waals surface area contributed by atoms with Crippen molar-refractivity contribution in [2.75, 3.05) is 5.75 Å². The number of carbonyl (C=O) groups is 2. The standard InChI is InChI=1S/C22H19N3O5S/c1-14-19(21(27)30-13-15-7-3-2-4-8-15)20(16-9-5-6-10-17(16)25(28)29)24-18(26)11-12-31-22(24)23-14/h2-10,20H,11-13H2,1H3. The average molecular weight is 437 g/mol. The van der Waals surface area contributed by atoms with E-state index in [-0.39, 0.29) is 35.8 Å². The zero-order chi connectivity index (χ0) is 22.0. The second-order valence-electron chi connectivity index (χ2n) is 7.04. The maximum Gasteiger partial charge on any atom is 0.338 e. The zero-order valence-corrected chi connectivity index (χ0v) is 17.5. The predicted molar refractivity (Wildman–Crippen MR) is 116 cm³/mol. The minimum Gasteiger partial charge on any atom is -0.457 e. The molecule has 9 heteroatoms. The van der Waals surface area contributed by atoms with Gasteiger partial charge in [0, 0.05) is 18.2 Å². The second-order valence-corrected chi connectivity index (χ2v) is 8.10. The Morgan fingerprint density at radius 3 is 2.68 bits per heavy atom. The summed E-state index contributed by atoms with van der Waals surface area (Å²) in [6, 6.07) is 14.4. The van der Waals surface area contributed by atoms with Crippen molar-refractivity contribution in [2.24, 2.45) is 4.99 Å². The fourth-order valence-corrected chi connectivity index (χ4v) is 4.64. The highest BCUT2D eigenvalue weighted by atomic mass is 32.2. The molecule has 0 radical (unpaired) electrons. The summed E-state index contributed by atoms with van der Waals surface area (Å²) in [5, 5.41) is 12.2. The van der Waals surface area contributed by atoms with E-state index in [0.29, 0.717) is 16.6 Å². The van der Waals surface area contributed by atoms with E-state index < -0.39 is 16.9 Å². The van der Waals surface area contributed by atoms with Crippen molar-refractivity contribution in [1.29, 1.82) is 0 Å². The summed E-state index contributed by atoms with van der Waals surface area (Å²) >= 11 is 1.39. The molecule has 2 aliphatic heterocycles. The molecule has 1 saturated heterocycles. The van der Waals surface area contributed by atoms with Crippen molar-refractivity contribution in [1.82, 2.24) is 4.90 Å². The van der Waals surface area contributed by atoms with Crippen LogP contribution in [0, 0.1) is 10.1 Å². The molecule has 2 aliphatic rings. The van der Waals surface area contributed by atoms with Crippen LogP contribution in [0.1, 0.15) is 30.5 Å². The number of amides is 1. The summed E-state index contributed by atoms with van der Waals surface area (Å²) in [5.74, 6) is -0.323. The van der Waals surface area contributed by atoms with Gasteiger partial charge in [-0.1, -0.05) is 54.2 Å². The molecule has 0 aromatic heterocycles. The average Bonchev–Trinajstić information content (AvgIpc) is 2.77. The van der Waals surface area contributed by atoms with Gasteiger partial charge in [0.1, 0.15) is 12.6 Å². The summed E-state index contributed by atoms with van der Waals surface area (Å²) < 4.78 is 5.52. The van der Waals surface area contributed by atoms with Crippen molar-refractivity contribution in [3.63, 3.8) is 0 Å².